The van der Waals surface area contributed by atoms with Crippen LogP contribution in [0, 0.1) is 0 Å². The molecule has 3 heterocycles. The quantitative estimate of drug-likeness (QED) is 0.688. The molecule has 0 saturated carbocycles. The van der Waals surface area contributed by atoms with E-state index in [1.54, 1.807) is 18.2 Å². The zero-order valence-electron chi connectivity index (χ0n) is 17.2. The second kappa shape index (κ2) is 8.65. The van der Waals surface area contributed by atoms with Crippen LogP contribution in [0.2, 0.25) is 0 Å². The van der Waals surface area contributed by atoms with E-state index in [9.17, 15) is 4.79 Å². The van der Waals surface area contributed by atoms with Crippen LogP contribution in [0.15, 0.2) is 66.9 Å². The van der Waals surface area contributed by atoms with E-state index in [-0.39, 0.29) is 12.7 Å². The summed E-state index contributed by atoms with van der Waals surface area (Å²) in [6.07, 6.45) is 1.84. The first-order chi connectivity index (χ1) is 15.2. The van der Waals surface area contributed by atoms with Gasteiger partial charge in [-0.2, -0.15) is 0 Å². The number of rotatable bonds is 5. The SMILES string of the molecule is O=C(Nc1ccc(CN2CCN(c3ccccn3)CC2)cc1)c1ccc2c(c1)OCO2. The summed E-state index contributed by atoms with van der Waals surface area (Å²) in [4.78, 5) is 21.8. The highest BCUT2D eigenvalue weighted by atomic mass is 16.7. The summed E-state index contributed by atoms with van der Waals surface area (Å²) >= 11 is 0. The van der Waals surface area contributed by atoms with Crippen LogP contribution in [0.3, 0.4) is 0 Å². The Morgan fingerprint density at radius 2 is 1.74 bits per heavy atom. The van der Waals surface area contributed by atoms with E-state index in [2.05, 4.69) is 38.3 Å². The first kappa shape index (κ1) is 19.4. The Bertz CT molecular complexity index is 1050. The Hall–Kier alpha value is -3.58. The molecule has 31 heavy (non-hydrogen) atoms. The standard InChI is InChI=1S/C24H24N4O3/c29-24(19-6-9-21-22(15-19)31-17-30-21)26-20-7-4-18(5-8-20)16-27-11-13-28(14-12-27)23-3-1-2-10-25-23/h1-10,15H,11-14,16-17H2,(H,26,29). The summed E-state index contributed by atoms with van der Waals surface area (Å²) in [5, 5.41) is 2.94. The normalized spacial score (nSPS) is 15.7. The topological polar surface area (TPSA) is 66.9 Å². The lowest BCUT2D eigenvalue weighted by Gasteiger charge is -2.35. The largest absolute Gasteiger partial charge is 0.454 e. The third-order valence-corrected chi connectivity index (χ3v) is 5.60. The van der Waals surface area contributed by atoms with Crippen molar-refractivity contribution >= 4 is 17.4 Å². The summed E-state index contributed by atoms with van der Waals surface area (Å²) in [5.74, 6) is 2.15. The van der Waals surface area contributed by atoms with Crippen LogP contribution < -0.4 is 19.7 Å². The number of fused-ring (bicyclic) bond motifs is 1. The molecular formula is C24H24N4O3. The van der Waals surface area contributed by atoms with Crippen molar-refractivity contribution in [3.8, 4) is 11.5 Å². The summed E-state index contributed by atoms with van der Waals surface area (Å²) < 4.78 is 10.6. The minimum absolute atomic E-state index is 0.170. The number of aromatic nitrogens is 1. The molecule has 1 amide bonds. The minimum atomic E-state index is -0.170. The Labute approximate surface area is 181 Å². The molecule has 2 aliphatic rings. The zero-order valence-corrected chi connectivity index (χ0v) is 17.2. The van der Waals surface area contributed by atoms with Crippen LogP contribution in [-0.2, 0) is 6.54 Å². The number of piperazine rings is 1. The summed E-state index contributed by atoms with van der Waals surface area (Å²) in [6, 6.07) is 19.3. The van der Waals surface area contributed by atoms with E-state index in [1.807, 2.05) is 30.5 Å². The Morgan fingerprint density at radius 1 is 0.935 bits per heavy atom. The average molecular weight is 416 g/mol. The number of carbonyl (C=O) groups is 1. The number of hydrogen-bond donors (Lipinski definition) is 1. The number of nitrogens with zero attached hydrogens (tertiary/aromatic N) is 3. The minimum Gasteiger partial charge on any atom is -0.454 e. The summed E-state index contributed by atoms with van der Waals surface area (Å²) in [5.41, 5.74) is 2.54. The molecule has 0 aliphatic carbocycles. The van der Waals surface area contributed by atoms with Gasteiger partial charge < -0.3 is 19.7 Å². The molecule has 5 rings (SSSR count). The van der Waals surface area contributed by atoms with Crippen LogP contribution in [0.4, 0.5) is 11.5 Å². The van der Waals surface area contributed by atoms with Crippen molar-refractivity contribution in [3.05, 3.63) is 78.0 Å². The molecule has 2 aromatic carbocycles. The fourth-order valence-electron chi connectivity index (χ4n) is 3.87. The molecule has 1 aromatic heterocycles. The van der Waals surface area contributed by atoms with Crippen LogP contribution in [-0.4, -0.2) is 48.8 Å². The molecule has 0 atom stereocenters. The van der Waals surface area contributed by atoms with Gasteiger partial charge in [0.15, 0.2) is 11.5 Å². The third-order valence-electron chi connectivity index (χ3n) is 5.60. The third kappa shape index (κ3) is 4.46. The molecule has 0 radical (unpaired) electrons. The molecule has 0 unspecified atom stereocenters. The first-order valence-electron chi connectivity index (χ1n) is 10.4. The van der Waals surface area contributed by atoms with Gasteiger partial charge in [0.1, 0.15) is 5.82 Å². The zero-order chi connectivity index (χ0) is 21.0. The number of amides is 1. The Balaban J connectivity index is 1.14. The highest BCUT2D eigenvalue weighted by Gasteiger charge is 2.18. The van der Waals surface area contributed by atoms with Gasteiger partial charge in [-0.3, -0.25) is 9.69 Å². The van der Waals surface area contributed by atoms with Crippen LogP contribution in [0.5, 0.6) is 11.5 Å². The molecule has 7 nitrogen and oxygen atoms in total. The highest BCUT2D eigenvalue weighted by Crippen LogP contribution is 2.32. The van der Waals surface area contributed by atoms with Crippen molar-refractivity contribution < 1.29 is 14.3 Å². The number of pyridine rings is 1. The van der Waals surface area contributed by atoms with E-state index in [4.69, 9.17) is 9.47 Å². The fourth-order valence-corrected chi connectivity index (χ4v) is 3.87. The molecule has 2 aliphatic heterocycles. The van der Waals surface area contributed by atoms with Gasteiger partial charge in [-0.1, -0.05) is 18.2 Å². The molecule has 3 aromatic rings. The molecular weight excluding hydrogens is 392 g/mol. The number of carbonyl (C=O) groups excluding carboxylic acids is 1. The summed E-state index contributed by atoms with van der Waals surface area (Å²) in [6.45, 7) is 5.03. The van der Waals surface area contributed by atoms with E-state index >= 15 is 0 Å². The van der Waals surface area contributed by atoms with Crippen LogP contribution >= 0.6 is 0 Å². The lowest BCUT2D eigenvalue weighted by atomic mass is 10.1. The monoisotopic (exact) mass is 416 g/mol. The van der Waals surface area contributed by atoms with Gasteiger partial charge in [0.05, 0.1) is 0 Å². The van der Waals surface area contributed by atoms with Crippen molar-refractivity contribution in [2.45, 2.75) is 6.54 Å². The van der Waals surface area contributed by atoms with Crippen molar-refractivity contribution in [3.63, 3.8) is 0 Å². The predicted octanol–water partition coefficient (Wildman–Crippen LogP) is 3.38. The van der Waals surface area contributed by atoms with Gasteiger partial charge in [-0.25, -0.2) is 4.98 Å². The molecule has 158 valence electrons. The Morgan fingerprint density at radius 3 is 2.52 bits per heavy atom. The predicted molar refractivity (Wildman–Crippen MR) is 119 cm³/mol. The van der Waals surface area contributed by atoms with Crippen molar-refractivity contribution in [2.24, 2.45) is 0 Å². The lowest BCUT2D eigenvalue weighted by molar-refractivity contribution is 0.102. The van der Waals surface area contributed by atoms with Crippen molar-refractivity contribution in [2.75, 3.05) is 43.2 Å². The first-order valence-corrected chi connectivity index (χ1v) is 10.4. The second-order valence-electron chi connectivity index (χ2n) is 7.67. The van der Waals surface area contributed by atoms with Gasteiger partial charge in [0.25, 0.3) is 5.91 Å². The van der Waals surface area contributed by atoms with Gasteiger partial charge >= 0.3 is 0 Å². The van der Waals surface area contributed by atoms with Gasteiger partial charge in [-0.05, 0) is 48.0 Å². The molecule has 1 N–H and O–H groups in total. The van der Waals surface area contributed by atoms with Crippen molar-refractivity contribution in [1.29, 1.82) is 0 Å². The van der Waals surface area contributed by atoms with Gasteiger partial charge in [0, 0.05) is 50.2 Å². The number of benzene rings is 2. The van der Waals surface area contributed by atoms with Crippen LogP contribution in [0.25, 0.3) is 0 Å². The number of nitrogens with one attached hydrogen (secondary N) is 1. The van der Waals surface area contributed by atoms with Crippen LogP contribution in [0.1, 0.15) is 15.9 Å². The maximum atomic E-state index is 12.5. The molecule has 0 bridgehead atoms. The van der Waals surface area contributed by atoms with E-state index in [1.165, 1.54) is 5.56 Å². The fraction of sp³-hybridized carbons (Fsp3) is 0.250. The smallest absolute Gasteiger partial charge is 0.255 e. The number of hydrogen-bond acceptors (Lipinski definition) is 6. The number of ether oxygens (including phenoxy) is 2. The molecule has 7 heteroatoms. The molecule has 0 spiro atoms. The highest BCUT2D eigenvalue weighted by molar-refractivity contribution is 6.04. The maximum Gasteiger partial charge on any atom is 0.255 e. The van der Waals surface area contributed by atoms with E-state index < -0.39 is 0 Å². The van der Waals surface area contributed by atoms with Gasteiger partial charge in [-0.15, -0.1) is 0 Å². The lowest BCUT2D eigenvalue weighted by Crippen LogP contribution is -2.46. The Kier molecular flexibility index (Phi) is 5.41. The van der Waals surface area contributed by atoms with E-state index in [0.29, 0.717) is 17.1 Å². The van der Waals surface area contributed by atoms with E-state index in [0.717, 1.165) is 44.2 Å². The maximum absolute atomic E-state index is 12.5. The summed E-state index contributed by atoms with van der Waals surface area (Å²) in [7, 11) is 0. The molecule has 1 saturated heterocycles. The molecule has 1 fully saturated rings. The average Bonchev–Trinajstić information content (AvgIpc) is 3.29. The van der Waals surface area contributed by atoms with Gasteiger partial charge in [0.2, 0.25) is 6.79 Å². The number of anilines is 2. The van der Waals surface area contributed by atoms with Crippen molar-refractivity contribution in [1.82, 2.24) is 9.88 Å². The second-order valence-corrected chi connectivity index (χ2v) is 7.67.